The average molecular weight is 479 g/mol. The number of carboxylic acid groups (broad SMARTS) is 1. The average Bonchev–Trinajstić information content (AvgIpc) is 2.84. The first-order chi connectivity index (χ1) is 16.3. The van der Waals surface area contributed by atoms with Crippen molar-refractivity contribution < 1.29 is 23.1 Å². The number of benzene rings is 3. The highest BCUT2D eigenvalue weighted by Gasteiger charge is 2.42. The Morgan fingerprint density at radius 2 is 1.85 bits per heavy atom. The Morgan fingerprint density at radius 3 is 2.56 bits per heavy atom. The standard InChI is InChI=1S/C26H26N2O5S/c1-3-4-10-25-27(2)34(31,32)24-14-21-20-13-17(26(29)30)11-12-18(20)16-33-23(21)15-22(24)28(25)19-8-6-5-7-9-19/h5-9,11-15,25H,3-4,10,16H2,1-2H3,(H,29,30)/t25-/m0/s1. The summed E-state index contributed by atoms with van der Waals surface area (Å²) in [5.74, 6) is -0.487. The van der Waals surface area contributed by atoms with Gasteiger partial charge in [0.05, 0.1) is 11.3 Å². The maximum atomic E-state index is 13.7. The Hall–Kier alpha value is -3.36. The van der Waals surface area contributed by atoms with E-state index in [1.54, 1.807) is 31.3 Å². The Morgan fingerprint density at radius 1 is 1.09 bits per heavy atom. The summed E-state index contributed by atoms with van der Waals surface area (Å²) < 4.78 is 34.9. The van der Waals surface area contributed by atoms with Crippen molar-refractivity contribution in [2.75, 3.05) is 11.9 Å². The van der Waals surface area contributed by atoms with Crippen LogP contribution in [0.2, 0.25) is 0 Å². The Balaban J connectivity index is 1.75. The largest absolute Gasteiger partial charge is 0.488 e. The number of para-hydroxylation sites is 1. The number of sulfonamides is 1. The van der Waals surface area contributed by atoms with E-state index in [1.165, 1.54) is 10.4 Å². The van der Waals surface area contributed by atoms with Gasteiger partial charge in [0.25, 0.3) is 0 Å². The van der Waals surface area contributed by atoms with Crippen LogP contribution in [0.3, 0.4) is 0 Å². The van der Waals surface area contributed by atoms with E-state index in [9.17, 15) is 18.3 Å². The Bertz CT molecular complexity index is 1370. The third-order valence-corrected chi connectivity index (χ3v) is 8.46. The van der Waals surface area contributed by atoms with Crippen molar-refractivity contribution in [1.29, 1.82) is 0 Å². The lowest BCUT2D eigenvalue weighted by Gasteiger charge is -2.44. The van der Waals surface area contributed by atoms with Gasteiger partial charge in [-0.25, -0.2) is 13.2 Å². The van der Waals surface area contributed by atoms with E-state index in [2.05, 4.69) is 11.8 Å². The molecule has 1 N–H and O–H groups in total. The number of aromatic carboxylic acids is 1. The first-order valence-corrected chi connectivity index (χ1v) is 12.8. The fourth-order valence-corrected chi connectivity index (χ4v) is 6.27. The third-order valence-electron chi connectivity index (χ3n) is 6.58. The van der Waals surface area contributed by atoms with Gasteiger partial charge in [0.2, 0.25) is 10.0 Å². The van der Waals surface area contributed by atoms with Crippen LogP contribution in [-0.4, -0.2) is 37.0 Å². The van der Waals surface area contributed by atoms with Gasteiger partial charge < -0.3 is 14.7 Å². The molecular formula is C26H26N2O5S. The molecule has 8 heteroatoms. The lowest BCUT2D eigenvalue weighted by atomic mass is 9.94. The maximum absolute atomic E-state index is 13.7. The normalized spacial score (nSPS) is 18.4. The summed E-state index contributed by atoms with van der Waals surface area (Å²) in [5, 5.41) is 9.46. The van der Waals surface area contributed by atoms with E-state index in [-0.39, 0.29) is 23.2 Å². The second kappa shape index (κ2) is 8.45. The van der Waals surface area contributed by atoms with E-state index in [1.807, 2.05) is 30.3 Å². The van der Waals surface area contributed by atoms with Gasteiger partial charge in [-0.2, -0.15) is 4.31 Å². The van der Waals surface area contributed by atoms with Gasteiger partial charge in [-0.3, -0.25) is 0 Å². The summed E-state index contributed by atoms with van der Waals surface area (Å²) in [6.07, 6.45) is 2.15. The quantitative estimate of drug-likeness (QED) is 0.540. The number of carboxylic acids is 1. The number of ether oxygens (including phenoxy) is 1. The van der Waals surface area contributed by atoms with Crippen molar-refractivity contribution >= 4 is 27.4 Å². The molecule has 34 heavy (non-hydrogen) atoms. The van der Waals surface area contributed by atoms with Crippen LogP contribution in [0.4, 0.5) is 11.4 Å². The molecule has 2 aliphatic heterocycles. The Kier molecular flexibility index (Phi) is 5.58. The second-order valence-electron chi connectivity index (χ2n) is 8.63. The van der Waals surface area contributed by atoms with E-state index < -0.39 is 16.0 Å². The lowest BCUT2D eigenvalue weighted by molar-refractivity contribution is 0.0697. The van der Waals surface area contributed by atoms with E-state index in [0.29, 0.717) is 29.0 Å². The summed E-state index contributed by atoms with van der Waals surface area (Å²) in [4.78, 5) is 13.8. The highest BCUT2D eigenvalue weighted by atomic mass is 32.2. The molecular weight excluding hydrogens is 452 g/mol. The molecule has 1 atom stereocenters. The van der Waals surface area contributed by atoms with Gasteiger partial charge in [-0.05, 0) is 47.9 Å². The fraction of sp³-hybridized carbons (Fsp3) is 0.269. The minimum Gasteiger partial charge on any atom is -0.488 e. The third kappa shape index (κ3) is 3.54. The minimum absolute atomic E-state index is 0.148. The van der Waals surface area contributed by atoms with Crippen molar-refractivity contribution in [1.82, 2.24) is 4.31 Å². The van der Waals surface area contributed by atoms with Crippen LogP contribution in [0.5, 0.6) is 5.75 Å². The molecule has 5 rings (SSSR count). The molecule has 0 radical (unpaired) electrons. The zero-order valence-corrected chi connectivity index (χ0v) is 19.9. The highest BCUT2D eigenvalue weighted by Crippen LogP contribution is 2.48. The molecule has 0 aliphatic carbocycles. The molecule has 176 valence electrons. The summed E-state index contributed by atoms with van der Waals surface area (Å²) in [6, 6.07) is 18.0. The van der Waals surface area contributed by atoms with Gasteiger partial charge in [0.15, 0.2) is 0 Å². The number of hydrogen-bond donors (Lipinski definition) is 1. The number of nitrogens with zero attached hydrogens (tertiary/aromatic N) is 2. The Labute approximate surface area is 199 Å². The van der Waals surface area contributed by atoms with Gasteiger partial charge in [-0.1, -0.05) is 44.0 Å². The van der Waals surface area contributed by atoms with Gasteiger partial charge in [0, 0.05) is 24.4 Å². The zero-order chi connectivity index (χ0) is 24.0. The predicted octanol–water partition coefficient (Wildman–Crippen LogP) is 5.23. The highest BCUT2D eigenvalue weighted by molar-refractivity contribution is 7.89. The van der Waals surface area contributed by atoms with Crippen molar-refractivity contribution in [2.24, 2.45) is 0 Å². The first-order valence-electron chi connectivity index (χ1n) is 11.3. The van der Waals surface area contributed by atoms with E-state index in [0.717, 1.165) is 24.1 Å². The molecule has 0 saturated heterocycles. The smallest absolute Gasteiger partial charge is 0.335 e. The summed E-state index contributed by atoms with van der Waals surface area (Å²) in [6.45, 7) is 2.38. The van der Waals surface area contributed by atoms with Crippen LogP contribution < -0.4 is 9.64 Å². The molecule has 7 nitrogen and oxygen atoms in total. The van der Waals surface area contributed by atoms with Crippen molar-refractivity contribution in [2.45, 2.75) is 43.9 Å². The summed E-state index contributed by atoms with van der Waals surface area (Å²) in [7, 11) is -2.16. The molecule has 0 aromatic heterocycles. The molecule has 0 bridgehead atoms. The fourth-order valence-electron chi connectivity index (χ4n) is 4.75. The maximum Gasteiger partial charge on any atom is 0.335 e. The SMILES string of the molecule is CCCC[C@@H]1N(c2ccccc2)c2cc3c(cc2S(=O)(=O)N1C)-c1cc(C(=O)O)ccc1CO3. The van der Waals surface area contributed by atoms with Gasteiger partial charge >= 0.3 is 5.97 Å². The zero-order valence-electron chi connectivity index (χ0n) is 19.1. The molecule has 0 amide bonds. The van der Waals surface area contributed by atoms with E-state index >= 15 is 0 Å². The number of fused-ring (bicyclic) bond motifs is 4. The lowest BCUT2D eigenvalue weighted by Crippen LogP contribution is -2.51. The molecule has 3 aromatic carbocycles. The van der Waals surface area contributed by atoms with Crippen LogP contribution in [0.15, 0.2) is 65.6 Å². The molecule has 0 spiro atoms. The van der Waals surface area contributed by atoms with Crippen LogP contribution >= 0.6 is 0 Å². The van der Waals surface area contributed by atoms with Crippen LogP contribution in [-0.2, 0) is 16.6 Å². The number of unbranched alkanes of at least 4 members (excludes halogenated alkanes) is 1. The molecule has 2 heterocycles. The van der Waals surface area contributed by atoms with Crippen molar-refractivity contribution in [3.8, 4) is 16.9 Å². The van der Waals surface area contributed by atoms with Crippen molar-refractivity contribution in [3.05, 3.63) is 71.8 Å². The first kappa shape index (κ1) is 22.4. The number of hydrogen-bond acceptors (Lipinski definition) is 5. The van der Waals surface area contributed by atoms with E-state index in [4.69, 9.17) is 4.74 Å². The van der Waals surface area contributed by atoms with Crippen molar-refractivity contribution in [3.63, 3.8) is 0 Å². The molecule has 0 unspecified atom stereocenters. The summed E-state index contributed by atoms with van der Waals surface area (Å²) in [5.41, 5.74) is 3.70. The van der Waals surface area contributed by atoms with Crippen LogP contribution in [0, 0.1) is 0 Å². The monoisotopic (exact) mass is 478 g/mol. The van der Waals surface area contributed by atoms with Crippen LogP contribution in [0.1, 0.15) is 42.1 Å². The van der Waals surface area contributed by atoms with Gasteiger partial charge in [-0.15, -0.1) is 0 Å². The van der Waals surface area contributed by atoms with Gasteiger partial charge in [0.1, 0.15) is 23.4 Å². The topological polar surface area (TPSA) is 87.2 Å². The number of rotatable bonds is 5. The van der Waals surface area contributed by atoms with Crippen LogP contribution in [0.25, 0.3) is 11.1 Å². The molecule has 3 aromatic rings. The second-order valence-corrected chi connectivity index (χ2v) is 10.6. The number of carbonyl (C=O) groups is 1. The molecule has 0 saturated carbocycles. The summed E-state index contributed by atoms with van der Waals surface area (Å²) >= 11 is 0. The molecule has 2 aliphatic rings. The minimum atomic E-state index is -3.78. The predicted molar refractivity (Wildman–Crippen MR) is 130 cm³/mol. The molecule has 0 fully saturated rings. The number of anilines is 2.